The maximum Gasteiger partial charge on any atom is 0.233 e. The molecular weight excluding hydrogens is 328 g/mol. The third-order valence-corrected chi connectivity index (χ3v) is 5.19. The summed E-state index contributed by atoms with van der Waals surface area (Å²) in [4.78, 5) is 38.3. The Kier molecular flexibility index (Phi) is 4.29. The van der Waals surface area contributed by atoms with Crippen molar-refractivity contribution in [3.8, 4) is 0 Å². The summed E-state index contributed by atoms with van der Waals surface area (Å²) in [6.45, 7) is 0.143. The first-order chi connectivity index (χ1) is 12.6. The Labute approximate surface area is 151 Å². The second-order valence-electron chi connectivity index (χ2n) is 6.84. The summed E-state index contributed by atoms with van der Waals surface area (Å²) in [5, 5.41) is 5.00. The second kappa shape index (κ2) is 6.75. The summed E-state index contributed by atoms with van der Waals surface area (Å²) in [7, 11) is 0. The van der Waals surface area contributed by atoms with Crippen LogP contribution in [0.4, 0.5) is 5.69 Å². The summed E-state index contributed by atoms with van der Waals surface area (Å²) in [5.41, 5.74) is 0.714. The lowest BCUT2D eigenvalue weighted by atomic mass is 9.85. The minimum atomic E-state index is -0.240. The number of benzene rings is 2. The summed E-state index contributed by atoms with van der Waals surface area (Å²) >= 11 is 0. The highest BCUT2D eigenvalue weighted by Crippen LogP contribution is 2.35. The van der Waals surface area contributed by atoms with Gasteiger partial charge in [-0.1, -0.05) is 42.5 Å². The number of hydrogen-bond donors (Lipinski definition) is 1. The molecule has 2 atom stereocenters. The molecule has 132 valence electrons. The van der Waals surface area contributed by atoms with Crippen molar-refractivity contribution in [1.82, 2.24) is 4.90 Å². The van der Waals surface area contributed by atoms with Crippen molar-refractivity contribution in [2.45, 2.75) is 19.3 Å². The van der Waals surface area contributed by atoms with Crippen LogP contribution in [0.25, 0.3) is 10.8 Å². The Morgan fingerprint density at radius 1 is 0.962 bits per heavy atom. The molecule has 1 fully saturated rings. The minimum Gasteiger partial charge on any atom is -0.326 e. The number of nitrogens with zero attached hydrogens (tertiary/aromatic N) is 1. The topological polar surface area (TPSA) is 66.5 Å². The van der Waals surface area contributed by atoms with E-state index in [9.17, 15) is 14.4 Å². The van der Waals surface area contributed by atoms with Gasteiger partial charge in [-0.15, -0.1) is 0 Å². The molecular formula is C21H20N2O3. The molecule has 26 heavy (non-hydrogen) atoms. The van der Waals surface area contributed by atoms with Crippen LogP contribution in [0.2, 0.25) is 0 Å². The molecule has 1 aliphatic heterocycles. The number of carbonyl (C=O) groups excluding carboxylic acids is 3. The molecule has 4 rings (SSSR count). The number of imide groups is 1. The van der Waals surface area contributed by atoms with Crippen LogP contribution < -0.4 is 5.32 Å². The van der Waals surface area contributed by atoms with Crippen LogP contribution in [-0.4, -0.2) is 29.2 Å². The number of hydrogen-bond acceptors (Lipinski definition) is 3. The van der Waals surface area contributed by atoms with E-state index in [1.54, 1.807) is 0 Å². The molecule has 1 saturated heterocycles. The van der Waals surface area contributed by atoms with E-state index in [4.69, 9.17) is 0 Å². The zero-order chi connectivity index (χ0) is 18.1. The van der Waals surface area contributed by atoms with Gasteiger partial charge in [-0.05, 0) is 35.7 Å². The fourth-order valence-corrected chi connectivity index (χ4v) is 3.79. The largest absolute Gasteiger partial charge is 0.326 e. The lowest BCUT2D eigenvalue weighted by Crippen LogP contribution is -2.34. The van der Waals surface area contributed by atoms with Gasteiger partial charge in [-0.25, -0.2) is 0 Å². The molecule has 1 aliphatic carbocycles. The Morgan fingerprint density at radius 3 is 2.31 bits per heavy atom. The molecule has 0 radical (unpaired) electrons. The number of allylic oxidation sites excluding steroid dienone is 2. The van der Waals surface area contributed by atoms with Crippen molar-refractivity contribution in [2.75, 3.05) is 11.9 Å². The van der Waals surface area contributed by atoms with Crippen LogP contribution in [-0.2, 0) is 14.4 Å². The third kappa shape index (κ3) is 3.01. The Balaban J connectivity index is 1.37. The Morgan fingerprint density at radius 2 is 1.62 bits per heavy atom. The SMILES string of the molecule is O=C(CCN1C(=O)[C@H]2CC=CC[C@@H]2C1=O)Nc1ccc2ccccc2c1. The van der Waals surface area contributed by atoms with Gasteiger partial charge < -0.3 is 5.32 Å². The van der Waals surface area contributed by atoms with Crippen molar-refractivity contribution < 1.29 is 14.4 Å². The number of fused-ring (bicyclic) bond motifs is 2. The standard InChI is InChI=1S/C21H20N2O3/c24-19(22-16-10-9-14-5-1-2-6-15(14)13-16)11-12-23-20(25)17-7-3-4-8-18(17)21(23)26/h1-6,9-10,13,17-18H,7-8,11-12H2,(H,22,24)/t17-,18-/m0/s1. The van der Waals surface area contributed by atoms with Gasteiger partial charge in [0.2, 0.25) is 17.7 Å². The number of carbonyl (C=O) groups is 3. The Hall–Kier alpha value is -2.95. The Bertz CT molecular complexity index is 892. The van der Waals surface area contributed by atoms with Crippen molar-refractivity contribution in [3.05, 3.63) is 54.6 Å². The smallest absolute Gasteiger partial charge is 0.233 e. The van der Waals surface area contributed by atoms with E-state index in [2.05, 4.69) is 5.32 Å². The number of amides is 3. The van der Waals surface area contributed by atoms with E-state index in [1.807, 2.05) is 54.6 Å². The zero-order valence-electron chi connectivity index (χ0n) is 14.4. The van der Waals surface area contributed by atoms with Gasteiger partial charge in [0.25, 0.3) is 0 Å². The predicted octanol–water partition coefficient (Wildman–Crippen LogP) is 3.12. The van der Waals surface area contributed by atoms with Crippen LogP contribution in [0.3, 0.4) is 0 Å². The molecule has 0 unspecified atom stereocenters. The van der Waals surface area contributed by atoms with Crippen LogP contribution in [0.5, 0.6) is 0 Å². The minimum absolute atomic E-state index is 0.108. The normalized spacial score (nSPS) is 21.9. The summed E-state index contributed by atoms with van der Waals surface area (Å²) < 4.78 is 0. The number of nitrogens with one attached hydrogen (secondary N) is 1. The molecule has 2 aliphatic rings. The highest BCUT2D eigenvalue weighted by atomic mass is 16.2. The molecule has 3 amide bonds. The highest BCUT2D eigenvalue weighted by molar-refractivity contribution is 6.06. The molecule has 0 bridgehead atoms. The van der Waals surface area contributed by atoms with Crippen LogP contribution in [0.15, 0.2) is 54.6 Å². The van der Waals surface area contributed by atoms with Gasteiger partial charge in [-0.2, -0.15) is 0 Å². The summed E-state index contributed by atoms with van der Waals surface area (Å²) in [6.07, 6.45) is 5.27. The highest BCUT2D eigenvalue weighted by Gasteiger charge is 2.46. The van der Waals surface area contributed by atoms with E-state index >= 15 is 0 Å². The molecule has 0 spiro atoms. The molecule has 0 aromatic heterocycles. The lowest BCUT2D eigenvalue weighted by molar-refractivity contribution is -0.140. The van der Waals surface area contributed by atoms with Crippen LogP contribution in [0.1, 0.15) is 19.3 Å². The van der Waals surface area contributed by atoms with Crippen molar-refractivity contribution in [3.63, 3.8) is 0 Å². The van der Waals surface area contributed by atoms with E-state index in [0.29, 0.717) is 18.5 Å². The van der Waals surface area contributed by atoms with Gasteiger partial charge in [0.1, 0.15) is 0 Å². The summed E-state index contributed by atoms with van der Waals surface area (Å²) in [6, 6.07) is 13.6. The molecule has 5 nitrogen and oxygen atoms in total. The quantitative estimate of drug-likeness (QED) is 0.682. The molecule has 2 aromatic carbocycles. The molecule has 0 saturated carbocycles. The monoisotopic (exact) mass is 348 g/mol. The van der Waals surface area contributed by atoms with Crippen molar-refractivity contribution in [1.29, 1.82) is 0 Å². The van der Waals surface area contributed by atoms with E-state index in [-0.39, 0.29) is 42.5 Å². The van der Waals surface area contributed by atoms with Gasteiger partial charge in [-0.3, -0.25) is 19.3 Å². The van der Waals surface area contributed by atoms with Crippen LogP contribution in [0, 0.1) is 11.8 Å². The van der Waals surface area contributed by atoms with Crippen molar-refractivity contribution in [2.24, 2.45) is 11.8 Å². The molecule has 1 heterocycles. The number of likely N-dealkylation sites (tertiary alicyclic amines) is 1. The maximum absolute atomic E-state index is 12.4. The van der Waals surface area contributed by atoms with E-state index < -0.39 is 0 Å². The van der Waals surface area contributed by atoms with Crippen molar-refractivity contribution >= 4 is 34.2 Å². The first-order valence-electron chi connectivity index (χ1n) is 8.92. The van der Waals surface area contributed by atoms with Gasteiger partial charge in [0.15, 0.2) is 0 Å². The average Bonchev–Trinajstić information content (AvgIpc) is 2.91. The van der Waals surface area contributed by atoms with Gasteiger partial charge in [0, 0.05) is 18.7 Å². The zero-order valence-corrected chi connectivity index (χ0v) is 14.4. The van der Waals surface area contributed by atoms with E-state index in [0.717, 1.165) is 10.8 Å². The third-order valence-electron chi connectivity index (χ3n) is 5.19. The average molecular weight is 348 g/mol. The molecule has 2 aromatic rings. The molecule has 5 heteroatoms. The maximum atomic E-state index is 12.4. The van der Waals surface area contributed by atoms with E-state index in [1.165, 1.54) is 4.90 Å². The number of anilines is 1. The van der Waals surface area contributed by atoms with Gasteiger partial charge >= 0.3 is 0 Å². The fourth-order valence-electron chi connectivity index (χ4n) is 3.79. The molecule has 1 N–H and O–H groups in total. The fraction of sp³-hybridized carbons (Fsp3) is 0.286. The van der Waals surface area contributed by atoms with Gasteiger partial charge in [0.05, 0.1) is 11.8 Å². The second-order valence-corrected chi connectivity index (χ2v) is 6.84. The first-order valence-corrected chi connectivity index (χ1v) is 8.92. The van der Waals surface area contributed by atoms with Crippen LogP contribution >= 0.6 is 0 Å². The number of rotatable bonds is 4. The summed E-state index contributed by atoms with van der Waals surface area (Å²) in [5.74, 6) is -0.952. The predicted molar refractivity (Wildman–Crippen MR) is 99.3 cm³/mol. The first kappa shape index (κ1) is 16.5. The lowest BCUT2D eigenvalue weighted by Gasteiger charge is -2.14.